The van der Waals surface area contributed by atoms with Crippen LogP contribution in [0.1, 0.15) is 29.4 Å². The van der Waals surface area contributed by atoms with E-state index in [0.717, 1.165) is 22.9 Å². The molecule has 6 heteroatoms. The van der Waals surface area contributed by atoms with Crippen LogP contribution in [-0.2, 0) is 22.7 Å². The molecular weight excluding hydrogens is 298 g/mol. The summed E-state index contributed by atoms with van der Waals surface area (Å²) < 4.78 is 7.34. The van der Waals surface area contributed by atoms with E-state index in [0.29, 0.717) is 13.2 Å². The van der Waals surface area contributed by atoms with Crippen molar-refractivity contribution in [2.45, 2.75) is 26.1 Å². The molecule has 5 nitrogen and oxygen atoms in total. The number of thiophene rings is 1. The molecule has 0 unspecified atom stereocenters. The SMILES string of the molecule is COCc1cnc2n1CCN(C(=O)/C=C/c1cccs1)[C@H]2C. The van der Waals surface area contributed by atoms with E-state index >= 15 is 0 Å². The van der Waals surface area contributed by atoms with Gasteiger partial charge in [-0.05, 0) is 24.4 Å². The smallest absolute Gasteiger partial charge is 0.247 e. The second-order valence-electron chi connectivity index (χ2n) is 5.25. The minimum Gasteiger partial charge on any atom is -0.378 e. The van der Waals surface area contributed by atoms with Gasteiger partial charge in [-0.15, -0.1) is 11.3 Å². The molecule has 3 rings (SSSR count). The molecule has 0 saturated carbocycles. The van der Waals surface area contributed by atoms with Crippen LogP contribution in [0.4, 0.5) is 0 Å². The molecule has 0 saturated heterocycles. The van der Waals surface area contributed by atoms with Gasteiger partial charge < -0.3 is 14.2 Å². The lowest BCUT2D eigenvalue weighted by atomic mass is 10.2. The van der Waals surface area contributed by atoms with E-state index in [9.17, 15) is 4.79 Å². The van der Waals surface area contributed by atoms with Crippen molar-refractivity contribution in [1.82, 2.24) is 14.5 Å². The molecule has 0 radical (unpaired) electrons. The van der Waals surface area contributed by atoms with Crippen molar-refractivity contribution in [3.05, 3.63) is 46.2 Å². The van der Waals surface area contributed by atoms with Gasteiger partial charge in [0.1, 0.15) is 5.82 Å². The van der Waals surface area contributed by atoms with Crippen LogP contribution in [-0.4, -0.2) is 34.0 Å². The van der Waals surface area contributed by atoms with E-state index in [2.05, 4.69) is 9.55 Å². The predicted octanol–water partition coefficient (Wildman–Crippen LogP) is 2.71. The number of amides is 1. The van der Waals surface area contributed by atoms with E-state index < -0.39 is 0 Å². The van der Waals surface area contributed by atoms with Gasteiger partial charge in [0.2, 0.25) is 5.91 Å². The molecule has 1 amide bonds. The van der Waals surface area contributed by atoms with Crippen molar-refractivity contribution in [2.75, 3.05) is 13.7 Å². The fourth-order valence-electron chi connectivity index (χ4n) is 2.76. The van der Waals surface area contributed by atoms with E-state index in [1.165, 1.54) is 0 Å². The first-order chi connectivity index (χ1) is 10.7. The lowest BCUT2D eigenvalue weighted by Gasteiger charge is -2.33. The summed E-state index contributed by atoms with van der Waals surface area (Å²) in [5.74, 6) is 0.958. The maximum Gasteiger partial charge on any atom is 0.247 e. The van der Waals surface area contributed by atoms with Gasteiger partial charge in [0.25, 0.3) is 0 Å². The number of carbonyl (C=O) groups excluding carboxylic acids is 1. The van der Waals surface area contributed by atoms with Crippen LogP contribution in [0.3, 0.4) is 0 Å². The number of rotatable bonds is 4. The highest BCUT2D eigenvalue weighted by Gasteiger charge is 2.29. The van der Waals surface area contributed by atoms with Gasteiger partial charge in [0.05, 0.1) is 24.5 Å². The molecular formula is C16H19N3O2S. The summed E-state index contributed by atoms with van der Waals surface area (Å²) in [6.45, 7) is 4.02. The number of carbonyl (C=O) groups is 1. The van der Waals surface area contributed by atoms with Crippen LogP contribution in [0.2, 0.25) is 0 Å². The van der Waals surface area contributed by atoms with Gasteiger partial charge in [-0.2, -0.15) is 0 Å². The normalized spacial score (nSPS) is 17.9. The largest absolute Gasteiger partial charge is 0.378 e. The Hall–Kier alpha value is -1.92. The Bertz CT molecular complexity index is 676. The summed E-state index contributed by atoms with van der Waals surface area (Å²) in [6, 6.07) is 3.95. The summed E-state index contributed by atoms with van der Waals surface area (Å²) in [5.41, 5.74) is 1.06. The van der Waals surface area contributed by atoms with Crippen LogP contribution in [0.15, 0.2) is 29.8 Å². The first kappa shape index (κ1) is 15.0. The Kier molecular flexibility index (Phi) is 4.40. The van der Waals surface area contributed by atoms with E-state index in [4.69, 9.17) is 4.74 Å². The van der Waals surface area contributed by atoms with Crippen LogP contribution < -0.4 is 0 Å². The molecule has 0 aromatic carbocycles. The zero-order valence-electron chi connectivity index (χ0n) is 12.7. The molecule has 1 aliphatic rings. The molecule has 22 heavy (non-hydrogen) atoms. The van der Waals surface area contributed by atoms with Crippen molar-refractivity contribution in [3.63, 3.8) is 0 Å². The number of nitrogens with zero attached hydrogens (tertiary/aromatic N) is 3. The summed E-state index contributed by atoms with van der Waals surface area (Å²) in [5, 5.41) is 2.00. The maximum absolute atomic E-state index is 12.4. The second kappa shape index (κ2) is 6.46. The van der Waals surface area contributed by atoms with Crippen LogP contribution in [0.5, 0.6) is 0 Å². The first-order valence-corrected chi connectivity index (χ1v) is 8.14. The van der Waals surface area contributed by atoms with Crippen molar-refractivity contribution >= 4 is 23.3 Å². The summed E-state index contributed by atoms with van der Waals surface area (Å²) in [7, 11) is 1.68. The van der Waals surface area contributed by atoms with Crippen LogP contribution >= 0.6 is 11.3 Å². The molecule has 0 spiro atoms. The Morgan fingerprint density at radius 2 is 2.41 bits per heavy atom. The molecule has 3 heterocycles. The van der Waals surface area contributed by atoms with E-state index in [1.807, 2.05) is 41.6 Å². The number of hydrogen-bond acceptors (Lipinski definition) is 4. The molecule has 0 N–H and O–H groups in total. The quantitative estimate of drug-likeness (QED) is 0.815. The first-order valence-electron chi connectivity index (χ1n) is 7.26. The molecule has 0 aliphatic carbocycles. The number of ether oxygens (including phenoxy) is 1. The van der Waals surface area contributed by atoms with Crippen molar-refractivity contribution < 1.29 is 9.53 Å². The molecule has 0 bridgehead atoms. The molecule has 2 aromatic rings. The van der Waals surface area contributed by atoms with Gasteiger partial charge in [0, 0.05) is 31.2 Å². The lowest BCUT2D eigenvalue weighted by Crippen LogP contribution is -2.40. The average Bonchev–Trinajstić information content (AvgIpc) is 3.16. The number of hydrogen-bond donors (Lipinski definition) is 0. The Morgan fingerprint density at radius 3 is 3.14 bits per heavy atom. The van der Waals surface area contributed by atoms with Gasteiger partial charge in [-0.1, -0.05) is 6.07 Å². The third-order valence-electron chi connectivity index (χ3n) is 3.88. The summed E-state index contributed by atoms with van der Waals surface area (Å²) in [4.78, 5) is 19.8. The Labute approximate surface area is 133 Å². The van der Waals surface area contributed by atoms with Gasteiger partial charge in [-0.3, -0.25) is 4.79 Å². The monoisotopic (exact) mass is 317 g/mol. The minimum absolute atomic E-state index is 0.0279. The molecule has 2 aromatic heterocycles. The zero-order chi connectivity index (χ0) is 15.5. The number of aromatic nitrogens is 2. The Morgan fingerprint density at radius 1 is 1.55 bits per heavy atom. The summed E-state index contributed by atoms with van der Waals surface area (Å²) >= 11 is 1.62. The highest BCUT2D eigenvalue weighted by atomic mass is 32.1. The second-order valence-corrected chi connectivity index (χ2v) is 6.23. The number of fused-ring (bicyclic) bond motifs is 1. The fourth-order valence-corrected chi connectivity index (χ4v) is 3.38. The molecule has 1 atom stereocenters. The maximum atomic E-state index is 12.4. The standard InChI is InChI=1S/C16H19N3O2S/c1-12-16-17-10-13(11-21-2)19(16)8-7-18(12)15(20)6-5-14-4-3-9-22-14/h3-6,9-10,12H,7-8,11H2,1-2H3/b6-5+/t12-/m0/s1. The highest BCUT2D eigenvalue weighted by molar-refractivity contribution is 7.10. The lowest BCUT2D eigenvalue weighted by molar-refractivity contribution is -0.129. The van der Waals surface area contributed by atoms with Crippen LogP contribution in [0.25, 0.3) is 6.08 Å². The van der Waals surface area contributed by atoms with Gasteiger partial charge in [-0.25, -0.2) is 4.98 Å². The topological polar surface area (TPSA) is 47.4 Å². The summed E-state index contributed by atoms with van der Waals surface area (Å²) in [6.07, 6.45) is 5.36. The number of imidazole rings is 1. The third kappa shape index (κ3) is 2.84. The average molecular weight is 317 g/mol. The number of methoxy groups -OCH3 is 1. The van der Waals surface area contributed by atoms with E-state index in [1.54, 1.807) is 24.5 Å². The van der Waals surface area contributed by atoms with Crippen molar-refractivity contribution in [3.8, 4) is 0 Å². The predicted molar refractivity (Wildman–Crippen MR) is 86.4 cm³/mol. The fraction of sp³-hybridized carbons (Fsp3) is 0.375. The van der Waals surface area contributed by atoms with Gasteiger partial charge >= 0.3 is 0 Å². The van der Waals surface area contributed by atoms with Gasteiger partial charge in [0.15, 0.2) is 0 Å². The van der Waals surface area contributed by atoms with Crippen molar-refractivity contribution in [2.24, 2.45) is 0 Å². The molecule has 1 aliphatic heterocycles. The Balaban J connectivity index is 1.75. The van der Waals surface area contributed by atoms with Crippen molar-refractivity contribution in [1.29, 1.82) is 0 Å². The molecule has 0 fully saturated rings. The zero-order valence-corrected chi connectivity index (χ0v) is 13.5. The minimum atomic E-state index is -0.0279. The third-order valence-corrected chi connectivity index (χ3v) is 4.72. The van der Waals surface area contributed by atoms with Crippen LogP contribution in [0, 0.1) is 0 Å². The molecule has 116 valence electrons. The highest BCUT2D eigenvalue weighted by Crippen LogP contribution is 2.26. The van der Waals surface area contributed by atoms with E-state index in [-0.39, 0.29) is 11.9 Å².